The van der Waals surface area contributed by atoms with Gasteiger partial charge in [-0.05, 0) is 65.8 Å². The molecule has 0 aliphatic carbocycles. The van der Waals surface area contributed by atoms with Gasteiger partial charge in [0.15, 0.2) is 5.11 Å². The highest BCUT2D eigenvalue weighted by Gasteiger charge is 2.18. The van der Waals surface area contributed by atoms with Crippen LogP contribution in [0.3, 0.4) is 0 Å². The third-order valence-electron chi connectivity index (χ3n) is 3.74. The van der Waals surface area contributed by atoms with Crippen molar-refractivity contribution in [2.24, 2.45) is 0 Å². The predicted molar refractivity (Wildman–Crippen MR) is 95.6 cm³/mol. The summed E-state index contributed by atoms with van der Waals surface area (Å²) in [7, 11) is 3.32. The summed E-state index contributed by atoms with van der Waals surface area (Å²) in [6.07, 6.45) is 2.12. The van der Waals surface area contributed by atoms with E-state index in [-0.39, 0.29) is 6.04 Å². The smallest absolute Gasteiger partial charge is 0.171 e. The van der Waals surface area contributed by atoms with E-state index in [1.54, 1.807) is 14.2 Å². The molecule has 3 rings (SSSR count). The number of rotatable bonds is 4. The summed E-state index contributed by atoms with van der Waals surface area (Å²) < 4.78 is 10.4. The van der Waals surface area contributed by atoms with Gasteiger partial charge >= 0.3 is 0 Å². The number of benzene rings is 2. The van der Waals surface area contributed by atoms with E-state index in [0.29, 0.717) is 5.11 Å². The summed E-state index contributed by atoms with van der Waals surface area (Å²) in [5.41, 5.74) is 3.17. The quantitative estimate of drug-likeness (QED) is 0.844. The summed E-state index contributed by atoms with van der Waals surface area (Å²) in [5, 5.41) is 7.09. The molecular weight excluding hydrogens is 308 g/mol. The van der Waals surface area contributed by atoms with Crippen LogP contribution in [0.5, 0.6) is 11.5 Å². The molecule has 118 valence electrons. The first-order chi connectivity index (χ1) is 11.2. The Balaban J connectivity index is 1.89. The highest BCUT2D eigenvalue weighted by molar-refractivity contribution is 7.80. The van der Waals surface area contributed by atoms with Crippen molar-refractivity contribution in [1.82, 2.24) is 10.6 Å². The van der Waals surface area contributed by atoms with Crippen LogP contribution in [0, 0.1) is 0 Å². The van der Waals surface area contributed by atoms with E-state index < -0.39 is 0 Å². The first-order valence-corrected chi connectivity index (χ1v) is 7.68. The average molecular weight is 326 g/mol. The van der Waals surface area contributed by atoms with Crippen molar-refractivity contribution in [3.05, 3.63) is 65.7 Å². The normalized spacial score (nSPS) is 16.9. The fourth-order valence-corrected chi connectivity index (χ4v) is 2.72. The van der Waals surface area contributed by atoms with E-state index in [1.807, 2.05) is 48.5 Å². The van der Waals surface area contributed by atoms with E-state index >= 15 is 0 Å². The first-order valence-electron chi connectivity index (χ1n) is 7.27. The lowest BCUT2D eigenvalue weighted by Gasteiger charge is -2.26. The zero-order valence-electron chi connectivity index (χ0n) is 13.0. The van der Waals surface area contributed by atoms with Gasteiger partial charge in [-0.1, -0.05) is 12.1 Å². The van der Waals surface area contributed by atoms with Gasteiger partial charge in [0.2, 0.25) is 0 Å². The molecule has 0 aromatic heterocycles. The molecule has 1 heterocycles. The number of thiocarbonyl (C=S) groups is 1. The van der Waals surface area contributed by atoms with Crippen molar-refractivity contribution >= 4 is 23.0 Å². The molecule has 5 heteroatoms. The average Bonchev–Trinajstić information content (AvgIpc) is 2.61. The minimum Gasteiger partial charge on any atom is -0.497 e. The molecule has 0 saturated carbocycles. The van der Waals surface area contributed by atoms with Gasteiger partial charge < -0.3 is 20.1 Å². The van der Waals surface area contributed by atoms with E-state index in [2.05, 4.69) is 16.7 Å². The molecule has 0 bridgehead atoms. The summed E-state index contributed by atoms with van der Waals surface area (Å²) in [6.45, 7) is 0. The second-order valence-electron chi connectivity index (χ2n) is 5.16. The Kier molecular flexibility index (Phi) is 4.48. The van der Waals surface area contributed by atoms with Gasteiger partial charge in [0.05, 0.1) is 20.3 Å². The molecular formula is C18H18N2O2S. The largest absolute Gasteiger partial charge is 0.497 e. The maximum atomic E-state index is 5.34. The number of nitrogens with one attached hydrogen (secondary N) is 2. The summed E-state index contributed by atoms with van der Waals surface area (Å²) >= 11 is 5.34. The molecule has 1 aliphatic rings. The van der Waals surface area contributed by atoms with Crippen LogP contribution in [0.1, 0.15) is 17.2 Å². The molecule has 0 unspecified atom stereocenters. The SMILES string of the molecule is COc1ccc(C2=C[C@H](c3ccc(OC)cc3)NC(=S)N2)cc1. The standard InChI is InChI=1S/C18H18N2O2S/c1-21-14-7-3-12(4-8-14)16-11-17(20-18(23)19-16)13-5-9-15(22-2)10-6-13/h3-11,16H,1-2H3,(H2,19,20,23)/t16-/m1/s1. The lowest BCUT2D eigenvalue weighted by molar-refractivity contribution is 0.414. The van der Waals surface area contributed by atoms with E-state index in [1.165, 1.54) is 0 Å². The van der Waals surface area contributed by atoms with Gasteiger partial charge in [-0.15, -0.1) is 0 Å². The van der Waals surface area contributed by atoms with E-state index in [4.69, 9.17) is 21.7 Å². The predicted octanol–water partition coefficient (Wildman–Crippen LogP) is 3.26. The molecule has 0 amide bonds. The molecule has 2 aromatic rings. The third kappa shape index (κ3) is 3.46. The molecule has 0 fully saturated rings. The monoisotopic (exact) mass is 326 g/mol. The van der Waals surface area contributed by atoms with Crippen molar-refractivity contribution in [3.63, 3.8) is 0 Å². The number of ether oxygens (including phenoxy) is 2. The zero-order chi connectivity index (χ0) is 16.2. The van der Waals surface area contributed by atoms with Crippen LogP contribution >= 0.6 is 12.2 Å². The van der Waals surface area contributed by atoms with Gasteiger partial charge in [0.1, 0.15) is 11.5 Å². The molecule has 4 nitrogen and oxygen atoms in total. The van der Waals surface area contributed by atoms with Gasteiger partial charge in [-0.25, -0.2) is 0 Å². The molecule has 1 aliphatic heterocycles. The van der Waals surface area contributed by atoms with E-state index in [9.17, 15) is 0 Å². The van der Waals surface area contributed by atoms with Crippen molar-refractivity contribution < 1.29 is 9.47 Å². The van der Waals surface area contributed by atoms with Gasteiger partial charge in [-0.3, -0.25) is 0 Å². The Hall–Kier alpha value is -2.53. The third-order valence-corrected chi connectivity index (χ3v) is 3.96. The molecule has 0 spiro atoms. The maximum absolute atomic E-state index is 5.34. The Morgan fingerprint density at radius 2 is 1.43 bits per heavy atom. The van der Waals surface area contributed by atoms with Crippen LogP contribution in [0.25, 0.3) is 5.70 Å². The second kappa shape index (κ2) is 6.71. The van der Waals surface area contributed by atoms with Crippen LogP contribution in [-0.4, -0.2) is 19.3 Å². The minimum atomic E-state index is 0.0201. The summed E-state index contributed by atoms with van der Waals surface area (Å²) in [5.74, 6) is 1.67. The number of hydrogen-bond acceptors (Lipinski definition) is 3. The fraction of sp³-hybridized carbons (Fsp3) is 0.167. The fourth-order valence-electron chi connectivity index (χ4n) is 2.48. The first kappa shape index (κ1) is 15.4. The molecule has 2 aromatic carbocycles. The lowest BCUT2D eigenvalue weighted by atomic mass is 10.0. The van der Waals surface area contributed by atoms with Crippen molar-refractivity contribution in [2.45, 2.75) is 6.04 Å². The minimum absolute atomic E-state index is 0.0201. The molecule has 0 radical (unpaired) electrons. The Morgan fingerprint density at radius 3 is 2.00 bits per heavy atom. The zero-order valence-corrected chi connectivity index (χ0v) is 13.8. The Morgan fingerprint density at radius 1 is 0.870 bits per heavy atom. The summed E-state index contributed by atoms with van der Waals surface area (Å²) in [6, 6.07) is 15.9. The van der Waals surface area contributed by atoms with Gasteiger partial charge in [0, 0.05) is 5.70 Å². The van der Waals surface area contributed by atoms with Crippen LogP contribution in [-0.2, 0) is 0 Å². The highest BCUT2D eigenvalue weighted by Crippen LogP contribution is 2.25. The topological polar surface area (TPSA) is 42.5 Å². The molecule has 23 heavy (non-hydrogen) atoms. The maximum Gasteiger partial charge on any atom is 0.171 e. The lowest BCUT2D eigenvalue weighted by Crippen LogP contribution is -2.40. The number of hydrogen-bond donors (Lipinski definition) is 2. The molecule has 0 saturated heterocycles. The highest BCUT2D eigenvalue weighted by atomic mass is 32.1. The number of methoxy groups -OCH3 is 2. The van der Waals surface area contributed by atoms with Crippen LogP contribution in [0.2, 0.25) is 0 Å². The van der Waals surface area contributed by atoms with Crippen LogP contribution in [0.15, 0.2) is 54.6 Å². The van der Waals surface area contributed by atoms with Crippen molar-refractivity contribution in [3.8, 4) is 11.5 Å². The molecule has 2 N–H and O–H groups in total. The summed E-state index contributed by atoms with van der Waals surface area (Å²) in [4.78, 5) is 0. The van der Waals surface area contributed by atoms with Gasteiger partial charge in [-0.2, -0.15) is 0 Å². The van der Waals surface area contributed by atoms with Crippen molar-refractivity contribution in [2.75, 3.05) is 14.2 Å². The van der Waals surface area contributed by atoms with Crippen molar-refractivity contribution in [1.29, 1.82) is 0 Å². The molecule has 1 atom stereocenters. The van der Waals surface area contributed by atoms with Gasteiger partial charge in [0.25, 0.3) is 0 Å². The second-order valence-corrected chi connectivity index (χ2v) is 5.57. The Labute approximate surface area is 141 Å². The Bertz CT molecular complexity index is 724. The van der Waals surface area contributed by atoms with Crippen LogP contribution < -0.4 is 20.1 Å². The van der Waals surface area contributed by atoms with E-state index in [0.717, 1.165) is 28.3 Å². The van der Waals surface area contributed by atoms with Crippen LogP contribution in [0.4, 0.5) is 0 Å².